The molecular weight excluding hydrogens is 340 g/mol. The van der Waals surface area contributed by atoms with Gasteiger partial charge in [0.25, 0.3) is 0 Å². The van der Waals surface area contributed by atoms with Gasteiger partial charge in [-0.15, -0.1) is 0 Å². The van der Waals surface area contributed by atoms with Crippen molar-refractivity contribution < 1.29 is 17.6 Å². The first-order valence-corrected chi connectivity index (χ1v) is 6.21. The molecule has 8 heteroatoms. The Hall–Kier alpha value is -1.04. The van der Waals surface area contributed by atoms with Crippen molar-refractivity contribution in [3.05, 3.63) is 51.0 Å². The van der Waals surface area contributed by atoms with Crippen LogP contribution in [0.4, 0.5) is 17.6 Å². The molecule has 1 aromatic carbocycles. The zero-order valence-electron chi connectivity index (χ0n) is 9.40. The Labute approximate surface area is 126 Å². The molecule has 0 aliphatic carbocycles. The van der Waals surface area contributed by atoms with Gasteiger partial charge in [0.1, 0.15) is 0 Å². The number of hydrogen-bond donors (Lipinski definition) is 0. The molecule has 0 radical (unpaired) electrons. The van der Waals surface area contributed by atoms with Crippen LogP contribution in [-0.2, 0) is 6.18 Å². The third-order valence-electron chi connectivity index (χ3n) is 2.47. The molecule has 1 heterocycles. The van der Waals surface area contributed by atoms with E-state index in [4.69, 9.17) is 34.8 Å². The van der Waals surface area contributed by atoms with Crippen molar-refractivity contribution in [3.8, 4) is 11.1 Å². The van der Waals surface area contributed by atoms with Crippen molar-refractivity contribution in [2.24, 2.45) is 0 Å². The van der Waals surface area contributed by atoms with Crippen LogP contribution >= 0.6 is 34.8 Å². The first kappa shape index (κ1) is 15.4. The summed E-state index contributed by atoms with van der Waals surface area (Å²) < 4.78 is 51.8. The third-order valence-corrected chi connectivity index (χ3v) is 3.67. The summed E-state index contributed by atoms with van der Waals surface area (Å²) in [6.45, 7) is 0. The Morgan fingerprint density at radius 2 is 1.50 bits per heavy atom. The predicted octanol–water partition coefficient (Wildman–Crippen LogP) is 5.87. The van der Waals surface area contributed by atoms with Crippen molar-refractivity contribution in [1.29, 1.82) is 0 Å². The first-order chi connectivity index (χ1) is 9.20. The summed E-state index contributed by atoms with van der Waals surface area (Å²) in [4.78, 5) is 3.02. The second-order valence-electron chi connectivity index (χ2n) is 3.80. The number of hydrogen-bond acceptors (Lipinski definition) is 1. The normalized spacial score (nSPS) is 11.8. The van der Waals surface area contributed by atoms with Gasteiger partial charge in [0.05, 0.1) is 20.6 Å². The minimum Gasteiger partial charge on any atom is -0.228 e. The zero-order chi connectivity index (χ0) is 15.1. The van der Waals surface area contributed by atoms with Gasteiger partial charge in [0, 0.05) is 17.8 Å². The van der Waals surface area contributed by atoms with Gasteiger partial charge >= 0.3 is 6.18 Å². The van der Waals surface area contributed by atoms with E-state index in [9.17, 15) is 17.6 Å². The average Bonchev–Trinajstić information content (AvgIpc) is 2.33. The number of aromatic nitrogens is 1. The quantitative estimate of drug-likeness (QED) is 0.358. The molecule has 0 aliphatic heterocycles. The molecule has 0 unspecified atom stereocenters. The number of nitrogens with zero attached hydrogens (tertiary/aromatic N) is 1. The Morgan fingerprint density at radius 1 is 0.950 bits per heavy atom. The highest BCUT2D eigenvalue weighted by molar-refractivity contribution is 6.48. The van der Waals surface area contributed by atoms with Crippen LogP contribution in [0, 0.1) is 5.95 Å². The molecular formula is C12H4Cl3F4N. The fourth-order valence-electron chi connectivity index (χ4n) is 1.61. The topological polar surface area (TPSA) is 12.9 Å². The fraction of sp³-hybridized carbons (Fsp3) is 0.0833. The van der Waals surface area contributed by atoms with E-state index in [1.165, 1.54) is 12.1 Å². The lowest BCUT2D eigenvalue weighted by Gasteiger charge is -2.13. The number of rotatable bonds is 1. The van der Waals surface area contributed by atoms with Gasteiger partial charge in [-0.05, 0) is 17.7 Å². The smallest absolute Gasteiger partial charge is 0.228 e. The van der Waals surface area contributed by atoms with E-state index in [0.717, 1.165) is 0 Å². The number of pyridine rings is 1. The molecule has 20 heavy (non-hydrogen) atoms. The van der Waals surface area contributed by atoms with E-state index in [-0.39, 0.29) is 20.6 Å². The van der Waals surface area contributed by atoms with Gasteiger partial charge in [-0.2, -0.15) is 17.6 Å². The first-order valence-electron chi connectivity index (χ1n) is 5.08. The molecule has 106 valence electrons. The highest BCUT2D eigenvalue weighted by atomic mass is 35.5. The van der Waals surface area contributed by atoms with Gasteiger partial charge in [-0.3, -0.25) is 0 Å². The largest absolute Gasteiger partial charge is 0.418 e. The third kappa shape index (κ3) is 3.00. The summed E-state index contributed by atoms with van der Waals surface area (Å²) in [6, 6.07) is 3.03. The van der Waals surface area contributed by atoms with Gasteiger partial charge in [-0.25, -0.2) is 4.98 Å². The van der Waals surface area contributed by atoms with Crippen LogP contribution < -0.4 is 0 Å². The van der Waals surface area contributed by atoms with Crippen LogP contribution in [0.15, 0.2) is 24.4 Å². The van der Waals surface area contributed by atoms with E-state index >= 15 is 0 Å². The highest BCUT2D eigenvalue weighted by Crippen LogP contribution is 2.40. The molecule has 0 saturated carbocycles. The van der Waals surface area contributed by atoms with Gasteiger partial charge in [0.2, 0.25) is 5.95 Å². The molecule has 1 aromatic heterocycles. The van der Waals surface area contributed by atoms with Crippen molar-refractivity contribution in [2.75, 3.05) is 0 Å². The zero-order valence-corrected chi connectivity index (χ0v) is 11.7. The molecule has 0 fully saturated rings. The molecule has 0 aliphatic rings. The molecule has 0 amide bonds. The summed E-state index contributed by atoms with van der Waals surface area (Å²) in [5.74, 6) is -1.05. The van der Waals surface area contributed by atoms with Crippen LogP contribution in [0.2, 0.25) is 15.1 Å². The molecule has 0 bridgehead atoms. The van der Waals surface area contributed by atoms with E-state index in [0.29, 0.717) is 12.3 Å². The summed E-state index contributed by atoms with van der Waals surface area (Å²) in [5, 5.41) is -0.0424. The molecule has 1 nitrogen and oxygen atoms in total. The minimum absolute atomic E-state index is 0.00183. The molecule has 2 rings (SSSR count). The van der Waals surface area contributed by atoms with E-state index < -0.39 is 23.3 Å². The minimum atomic E-state index is -4.69. The van der Waals surface area contributed by atoms with Crippen molar-refractivity contribution in [1.82, 2.24) is 4.98 Å². The van der Waals surface area contributed by atoms with Crippen molar-refractivity contribution >= 4 is 34.8 Å². The fourth-order valence-corrected chi connectivity index (χ4v) is 2.20. The Kier molecular flexibility index (Phi) is 4.14. The van der Waals surface area contributed by atoms with Crippen LogP contribution in [0.5, 0.6) is 0 Å². The number of alkyl halides is 3. The highest BCUT2D eigenvalue weighted by Gasteiger charge is 2.34. The van der Waals surface area contributed by atoms with Gasteiger partial charge in [-0.1, -0.05) is 34.8 Å². The van der Waals surface area contributed by atoms with Crippen LogP contribution in [0.3, 0.4) is 0 Å². The standard InChI is InChI=1S/C12H4Cl3F4N/c13-8-1-5(2-9(14)11(8)15)6-3-10(16)20-4-7(6)12(17,18)19/h1-4H. The number of halogens is 7. The number of benzene rings is 1. The summed E-state index contributed by atoms with van der Waals surface area (Å²) in [7, 11) is 0. The Balaban J connectivity index is 2.72. The second-order valence-corrected chi connectivity index (χ2v) is 5.00. The monoisotopic (exact) mass is 343 g/mol. The molecule has 0 atom stereocenters. The van der Waals surface area contributed by atoms with E-state index in [1.54, 1.807) is 0 Å². The summed E-state index contributed by atoms with van der Waals surface area (Å²) >= 11 is 17.3. The van der Waals surface area contributed by atoms with Crippen molar-refractivity contribution in [2.45, 2.75) is 6.18 Å². The van der Waals surface area contributed by atoms with Crippen LogP contribution in [-0.4, -0.2) is 4.98 Å². The lowest BCUT2D eigenvalue weighted by molar-refractivity contribution is -0.137. The predicted molar refractivity (Wildman–Crippen MR) is 69.7 cm³/mol. The second kappa shape index (κ2) is 5.39. The SMILES string of the molecule is Fc1cc(-c2cc(Cl)c(Cl)c(Cl)c2)c(C(F)(F)F)cn1. The lowest BCUT2D eigenvalue weighted by atomic mass is 10.0. The average molecular weight is 345 g/mol. The van der Waals surface area contributed by atoms with Crippen LogP contribution in [0.25, 0.3) is 11.1 Å². The van der Waals surface area contributed by atoms with Crippen molar-refractivity contribution in [3.63, 3.8) is 0 Å². The molecule has 0 saturated heterocycles. The summed E-state index contributed by atoms with van der Waals surface area (Å²) in [5.41, 5.74) is -1.50. The van der Waals surface area contributed by atoms with Gasteiger partial charge in [0.15, 0.2) is 0 Å². The maximum absolute atomic E-state index is 13.1. The maximum Gasteiger partial charge on any atom is 0.418 e. The Bertz CT molecular complexity index is 647. The summed E-state index contributed by atoms with van der Waals surface area (Å²) in [6.07, 6.45) is -4.27. The Morgan fingerprint density at radius 3 is 2.00 bits per heavy atom. The van der Waals surface area contributed by atoms with Crippen LogP contribution in [0.1, 0.15) is 5.56 Å². The lowest BCUT2D eigenvalue weighted by Crippen LogP contribution is -2.08. The molecule has 0 spiro atoms. The molecule has 2 aromatic rings. The molecule has 0 N–H and O–H groups in total. The maximum atomic E-state index is 13.1. The van der Waals surface area contributed by atoms with E-state index in [1.807, 2.05) is 0 Å². The van der Waals surface area contributed by atoms with E-state index in [2.05, 4.69) is 4.98 Å². The van der Waals surface area contributed by atoms with Gasteiger partial charge < -0.3 is 0 Å².